The van der Waals surface area contributed by atoms with Gasteiger partial charge in [-0.15, -0.1) is 0 Å². The van der Waals surface area contributed by atoms with Crippen molar-refractivity contribution in [2.45, 2.75) is 51.1 Å². The molecule has 40 heavy (non-hydrogen) atoms. The van der Waals surface area contributed by atoms with Gasteiger partial charge in [0.15, 0.2) is 6.29 Å². The first kappa shape index (κ1) is 30.0. The Labute approximate surface area is 227 Å². The van der Waals surface area contributed by atoms with E-state index in [2.05, 4.69) is 0 Å². The highest BCUT2D eigenvalue weighted by Crippen LogP contribution is 2.43. The Hall–Kier alpha value is -2.95. The highest BCUT2D eigenvalue weighted by Gasteiger charge is 2.42. The molecule has 0 spiro atoms. The fourth-order valence-corrected chi connectivity index (χ4v) is 4.89. The molecule has 5 atom stereocenters. The molecule has 0 N–H and O–H groups in total. The molecule has 3 aromatic carbocycles. The molecule has 10 heteroatoms. The van der Waals surface area contributed by atoms with E-state index in [0.29, 0.717) is 24.3 Å². The van der Waals surface area contributed by atoms with Gasteiger partial charge in [0.2, 0.25) is 0 Å². The SMILES string of the molecule is C[C@@H](O[C@H]1OC[C@H](C)[C@@H](COCc2ccccc2)[C@@H]1c1ccc(F)cc1)c1cc(C(F)(F)F)cc(C(F)(F)F)c1. The van der Waals surface area contributed by atoms with Gasteiger partial charge in [0.05, 0.1) is 37.1 Å². The number of ether oxygens (including phenoxy) is 3. The number of rotatable bonds is 8. The van der Waals surface area contributed by atoms with Crippen molar-refractivity contribution in [2.75, 3.05) is 13.2 Å². The van der Waals surface area contributed by atoms with Gasteiger partial charge in [-0.3, -0.25) is 0 Å². The summed E-state index contributed by atoms with van der Waals surface area (Å²) < 4.78 is 112. The van der Waals surface area contributed by atoms with Gasteiger partial charge < -0.3 is 14.2 Å². The number of alkyl halides is 6. The summed E-state index contributed by atoms with van der Waals surface area (Å²) in [5.74, 6) is -1.23. The Morgan fingerprint density at radius 2 is 1.48 bits per heavy atom. The highest BCUT2D eigenvalue weighted by atomic mass is 19.4. The molecule has 3 aromatic rings. The molecule has 0 aliphatic carbocycles. The first-order valence-corrected chi connectivity index (χ1v) is 12.8. The molecule has 1 heterocycles. The fourth-order valence-electron chi connectivity index (χ4n) is 4.89. The quantitative estimate of drug-likeness (QED) is 0.254. The van der Waals surface area contributed by atoms with Gasteiger partial charge in [0.1, 0.15) is 5.82 Å². The number of halogens is 7. The van der Waals surface area contributed by atoms with Crippen LogP contribution < -0.4 is 0 Å². The summed E-state index contributed by atoms with van der Waals surface area (Å²) in [6.45, 7) is 4.17. The average Bonchev–Trinajstić information content (AvgIpc) is 2.90. The predicted octanol–water partition coefficient (Wildman–Crippen LogP) is 8.55. The van der Waals surface area contributed by atoms with E-state index in [1.165, 1.54) is 19.1 Å². The van der Waals surface area contributed by atoms with Crippen molar-refractivity contribution in [3.8, 4) is 0 Å². The average molecular weight is 571 g/mol. The van der Waals surface area contributed by atoms with E-state index >= 15 is 0 Å². The van der Waals surface area contributed by atoms with E-state index in [4.69, 9.17) is 14.2 Å². The molecule has 1 aliphatic heterocycles. The monoisotopic (exact) mass is 570 g/mol. The Kier molecular flexibility index (Phi) is 9.22. The fraction of sp³-hybridized carbons (Fsp3) is 0.400. The molecule has 0 saturated carbocycles. The smallest absolute Gasteiger partial charge is 0.376 e. The van der Waals surface area contributed by atoms with Gasteiger partial charge in [0, 0.05) is 5.92 Å². The Bertz CT molecular complexity index is 1210. The zero-order valence-corrected chi connectivity index (χ0v) is 21.8. The standard InChI is InChI=1S/C30H29F7O3/c1-18-15-39-28(40-19(2)22-12-23(29(32,33)34)14-24(13-22)30(35,36)37)27(21-8-10-25(31)11-9-21)26(18)17-38-16-20-6-4-3-5-7-20/h3-14,18-19,26-28H,15-17H2,1-2H3/t18-,19+,26+,27-,28+/m0/s1. The number of hydrogen-bond acceptors (Lipinski definition) is 3. The van der Waals surface area contributed by atoms with Crippen LogP contribution in [0, 0.1) is 17.7 Å². The molecule has 216 valence electrons. The Morgan fingerprint density at radius 3 is 2.05 bits per heavy atom. The third-order valence-electron chi connectivity index (χ3n) is 7.10. The second-order valence-corrected chi connectivity index (χ2v) is 10.0. The van der Waals surface area contributed by atoms with Crippen LogP contribution in [0.2, 0.25) is 0 Å². The first-order chi connectivity index (χ1) is 18.8. The van der Waals surface area contributed by atoms with Crippen molar-refractivity contribution in [3.63, 3.8) is 0 Å². The lowest BCUT2D eigenvalue weighted by Crippen LogP contribution is -2.43. The van der Waals surface area contributed by atoms with Crippen LogP contribution in [0.25, 0.3) is 0 Å². The van der Waals surface area contributed by atoms with Gasteiger partial charge in [-0.2, -0.15) is 26.3 Å². The molecular formula is C30H29F7O3. The lowest BCUT2D eigenvalue weighted by Gasteiger charge is -2.42. The summed E-state index contributed by atoms with van der Waals surface area (Å²) in [6, 6.07) is 16.6. The minimum Gasteiger partial charge on any atom is -0.376 e. The first-order valence-electron chi connectivity index (χ1n) is 12.8. The summed E-state index contributed by atoms with van der Waals surface area (Å²) in [6.07, 6.45) is -12.2. The molecule has 1 saturated heterocycles. The lowest BCUT2D eigenvalue weighted by molar-refractivity contribution is -0.226. The predicted molar refractivity (Wildman–Crippen MR) is 134 cm³/mol. The van der Waals surface area contributed by atoms with E-state index in [9.17, 15) is 30.7 Å². The van der Waals surface area contributed by atoms with Crippen LogP contribution in [-0.4, -0.2) is 19.5 Å². The second-order valence-electron chi connectivity index (χ2n) is 10.0. The summed E-state index contributed by atoms with van der Waals surface area (Å²) in [5.41, 5.74) is -1.52. The Morgan fingerprint density at radius 1 is 0.875 bits per heavy atom. The normalized spacial score (nSPS) is 22.7. The molecule has 0 aromatic heterocycles. The van der Waals surface area contributed by atoms with Crippen LogP contribution >= 0.6 is 0 Å². The largest absolute Gasteiger partial charge is 0.416 e. The molecule has 0 bridgehead atoms. The van der Waals surface area contributed by atoms with Crippen molar-refractivity contribution >= 4 is 0 Å². The highest BCUT2D eigenvalue weighted by molar-refractivity contribution is 5.35. The maximum atomic E-state index is 13.7. The molecule has 1 aliphatic rings. The summed E-state index contributed by atoms with van der Waals surface area (Å²) in [5, 5.41) is 0. The van der Waals surface area contributed by atoms with E-state index in [0.717, 1.165) is 5.56 Å². The van der Waals surface area contributed by atoms with Crippen molar-refractivity contribution in [3.05, 3.63) is 106 Å². The molecule has 4 rings (SSSR count). The molecular weight excluding hydrogens is 541 g/mol. The molecule has 1 fully saturated rings. The maximum Gasteiger partial charge on any atom is 0.416 e. The topological polar surface area (TPSA) is 27.7 Å². The third-order valence-corrected chi connectivity index (χ3v) is 7.10. The van der Waals surface area contributed by atoms with Crippen LogP contribution in [0.5, 0.6) is 0 Å². The van der Waals surface area contributed by atoms with E-state index in [1.807, 2.05) is 37.3 Å². The van der Waals surface area contributed by atoms with Gasteiger partial charge in [-0.1, -0.05) is 49.4 Å². The van der Waals surface area contributed by atoms with Gasteiger partial charge in [-0.05, 0) is 65.8 Å². The summed E-state index contributed by atoms with van der Waals surface area (Å²) >= 11 is 0. The van der Waals surface area contributed by atoms with Gasteiger partial charge >= 0.3 is 12.4 Å². The molecule has 3 nitrogen and oxygen atoms in total. The molecule has 0 radical (unpaired) electrons. The van der Waals surface area contributed by atoms with Crippen molar-refractivity contribution < 1.29 is 44.9 Å². The lowest BCUT2D eigenvalue weighted by atomic mass is 9.77. The Balaban J connectivity index is 1.62. The van der Waals surface area contributed by atoms with Crippen molar-refractivity contribution in [2.24, 2.45) is 11.8 Å². The summed E-state index contributed by atoms with van der Waals surface area (Å²) in [7, 11) is 0. The van der Waals surface area contributed by atoms with Crippen molar-refractivity contribution in [1.82, 2.24) is 0 Å². The third kappa shape index (κ3) is 7.41. The number of hydrogen-bond donors (Lipinski definition) is 0. The molecule has 0 unspecified atom stereocenters. The van der Waals surface area contributed by atoms with Gasteiger partial charge in [0.25, 0.3) is 0 Å². The minimum absolute atomic E-state index is 0.0358. The zero-order chi connectivity index (χ0) is 29.1. The maximum absolute atomic E-state index is 13.7. The van der Waals surface area contributed by atoms with Crippen LogP contribution in [0.1, 0.15) is 53.7 Å². The van der Waals surface area contributed by atoms with Gasteiger partial charge in [-0.25, -0.2) is 4.39 Å². The van der Waals surface area contributed by atoms with E-state index in [-0.39, 0.29) is 36.7 Å². The van der Waals surface area contributed by atoms with E-state index < -0.39 is 47.6 Å². The van der Waals surface area contributed by atoms with Crippen molar-refractivity contribution in [1.29, 1.82) is 0 Å². The second kappa shape index (κ2) is 12.3. The number of benzene rings is 3. The van der Waals surface area contributed by atoms with Crippen LogP contribution in [0.3, 0.4) is 0 Å². The summed E-state index contributed by atoms with van der Waals surface area (Å²) in [4.78, 5) is 0. The van der Waals surface area contributed by atoms with Crippen LogP contribution in [-0.2, 0) is 33.2 Å². The van der Waals surface area contributed by atoms with Crippen LogP contribution in [0.15, 0.2) is 72.8 Å². The van der Waals surface area contributed by atoms with Crippen LogP contribution in [0.4, 0.5) is 30.7 Å². The van der Waals surface area contributed by atoms with E-state index in [1.54, 1.807) is 12.1 Å². The molecule has 0 amide bonds. The minimum atomic E-state index is -4.98. The zero-order valence-electron chi connectivity index (χ0n) is 21.8.